The first kappa shape index (κ1) is 13.3. The summed E-state index contributed by atoms with van der Waals surface area (Å²) in [6, 6.07) is 9.81. The highest BCUT2D eigenvalue weighted by Gasteiger charge is 2.10. The van der Waals surface area contributed by atoms with E-state index in [-0.39, 0.29) is 6.61 Å². The van der Waals surface area contributed by atoms with Gasteiger partial charge in [-0.15, -0.1) is 11.3 Å². The predicted octanol–water partition coefficient (Wildman–Crippen LogP) is 4.45. The van der Waals surface area contributed by atoms with Crippen molar-refractivity contribution in [2.45, 2.75) is 13.5 Å². The lowest BCUT2D eigenvalue weighted by molar-refractivity contribution is 0.242. The van der Waals surface area contributed by atoms with Gasteiger partial charge in [0.25, 0.3) is 5.89 Å². The molecule has 0 unspecified atom stereocenters. The Labute approximate surface area is 128 Å². The van der Waals surface area contributed by atoms with Crippen molar-refractivity contribution < 1.29 is 9.26 Å². The van der Waals surface area contributed by atoms with Crippen LogP contribution in [0.3, 0.4) is 0 Å². The molecule has 1 aromatic carbocycles. The average Bonchev–Trinajstić information content (AvgIpc) is 3.08. The van der Waals surface area contributed by atoms with Crippen LogP contribution in [0.1, 0.15) is 11.5 Å². The zero-order valence-electron chi connectivity index (χ0n) is 10.7. The Balaban J connectivity index is 1.70. The zero-order valence-corrected chi connectivity index (χ0v) is 13.1. The van der Waals surface area contributed by atoms with Crippen molar-refractivity contribution in [2.75, 3.05) is 0 Å². The fourth-order valence-corrected chi connectivity index (χ4v) is 2.94. The van der Waals surface area contributed by atoms with Gasteiger partial charge in [0.05, 0.1) is 9.35 Å². The molecule has 2 aromatic heterocycles. The average molecular weight is 351 g/mol. The first-order chi connectivity index (χ1) is 9.72. The summed E-state index contributed by atoms with van der Waals surface area (Å²) in [6.45, 7) is 2.28. The van der Waals surface area contributed by atoms with Crippen LogP contribution in [0, 0.1) is 6.92 Å². The molecule has 0 saturated heterocycles. The van der Waals surface area contributed by atoms with E-state index in [1.54, 1.807) is 11.3 Å². The summed E-state index contributed by atoms with van der Waals surface area (Å²) in [6.07, 6.45) is 0. The smallest absolute Gasteiger partial charge is 0.264 e. The van der Waals surface area contributed by atoms with E-state index in [2.05, 4.69) is 26.1 Å². The minimum absolute atomic E-state index is 0.250. The van der Waals surface area contributed by atoms with Crippen LogP contribution in [0.2, 0.25) is 0 Å². The molecule has 0 N–H and O–H groups in total. The normalized spacial score (nSPS) is 10.7. The third kappa shape index (κ3) is 2.91. The van der Waals surface area contributed by atoms with E-state index >= 15 is 0 Å². The summed E-state index contributed by atoms with van der Waals surface area (Å²) in [5.74, 6) is 1.81. The van der Waals surface area contributed by atoms with Gasteiger partial charge in [-0.2, -0.15) is 4.98 Å². The summed E-state index contributed by atoms with van der Waals surface area (Å²) < 4.78 is 11.8. The highest BCUT2D eigenvalue weighted by molar-refractivity contribution is 9.10. The summed E-state index contributed by atoms with van der Waals surface area (Å²) in [5.41, 5.74) is 1.17. The monoisotopic (exact) mass is 350 g/mol. The van der Waals surface area contributed by atoms with Crippen molar-refractivity contribution in [1.82, 2.24) is 10.1 Å². The third-order valence-electron chi connectivity index (χ3n) is 2.65. The van der Waals surface area contributed by atoms with Crippen molar-refractivity contribution in [3.63, 3.8) is 0 Å². The van der Waals surface area contributed by atoms with Crippen LogP contribution in [0.4, 0.5) is 0 Å². The molecule has 4 nitrogen and oxygen atoms in total. The maximum Gasteiger partial charge on any atom is 0.264 e. The number of aryl methyl sites for hydroxylation is 1. The second kappa shape index (κ2) is 5.76. The van der Waals surface area contributed by atoms with Crippen LogP contribution in [-0.4, -0.2) is 10.1 Å². The highest BCUT2D eigenvalue weighted by atomic mass is 79.9. The fraction of sp³-hybridized carbons (Fsp3) is 0.143. The summed E-state index contributed by atoms with van der Waals surface area (Å²) in [5, 5.41) is 5.92. The number of halogens is 1. The molecule has 0 atom stereocenters. The largest absolute Gasteiger partial charge is 0.483 e. The first-order valence-electron chi connectivity index (χ1n) is 5.98. The lowest BCUT2D eigenvalue weighted by Gasteiger charge is -2.06. The fourth-order valence-electron chi connectivity index (χ4n) is 1.68. The SMILES string of the molecule is Cc1ccc(OCc2nc(-c3cccs3)no2)c(Br)c1. The van der Waals surface area contributed by atoms with E-state index in [4.69, 9.17) is 9.26 Å². The Morgan fingerprint density at radius 2 is 2.25 bits per heavy atom. The molecule has 6 heteroatoms. The van der Waals surface area contributed by atoms with Crippen LogP contribution in [0.25, 0.3) is 10.7 Å². The quantitative estimate of drug-likeness (QED) is 0.697. The van der Waals surface area contributed by atoms with Gasteiger partial charge >= 0.3 is 0 Å². The molecule has 0 aliphatic heterocycles. The number of hydrogen-bond acceptors (Lipinski definition) is 5. The maximum atomic E-state index is 5.67. The van der Waals surface area contributed by atoms with Crippen molar-refractivity contribution in [1.29, 1.82) is 0 Å². The second-order valence-corrected chi connectivity index (χ2v) is 6.01. The van der Waals surface area contributed by atoms with Crippen LogP contribution in [0.5, 0.6) is 5.75 Å². The highest BCUT2D eigenvalue weighted by Crippen LogP contribution is 2.27. The van der Waals surface area contributed by atoms with Crippen molar-refractivity contribution in [3.8, 4) is 16.5 Å². The Bertz CT molecular complexity index is 710. The molecule has 2 heterocycles. The molecule has 0 aliphatic rings. The Morgan fingerprint density at radius 1 is 1.35 bits per heavy atom. The minimum atomic E-state index is 0.250. The summed E-state index contributed by atoms with van der Waals surface area (Å²) >= 11 is 5.04. The standard InChI is InChI=1S/C14H11BrN2O2S/c1-9-4-5-11(10(15)7-9)18-8-13-16-14(17-19-13)12-3-2-6-20-12/h2-7H,8H2,1H3. The Kier molecular flexibility index (Phi) is 3.84. The zero-order chi connectivity index (χ0) is 13.9. The van der Waals surface area contributed by atoms with Gasteiger partial charge in [-0.1, -0.05) is 17.3 Å². The van der Waals surface area contributed by atoms with Crippen LogP contribution >= 0.6 is 27.3 Å². The van der Waals surface area contributed by atoms with Crippen molar-refractivity contribution in [3.05, 3.63) is 51.6 Å². The minimum Gasteiger partial charge on any atom is -0.483 e. The summed E-state index contributed by atoms with van der Waals surface area (Å²) in [7, 11) is 0. The van der Waals surface area contributed by atoms with Crippen molar-refractivity contribution in [2.24, 2.45) is 0 Å². The number of benzene rings is 1. The van der Waals surface area contributed by atoms with Crippen LogP contribution < -0.4 is 4.74 Å². The maximum absolute atomic E-state index is 5.67. The van der Waals surface area contributed by atoms with Crippen molar-refractivity contribution >= 4 is 27.3 Å². The van der Waals surface area contributed by atoms with Gasteiger partial charge in [-0.25, -0.2) is 0 Å². The number of aromatic nitrogens is 2. The Hall–Kier alpha value is -1.66. The molecular formula is C14H11BrN2O2S. The lowest BCUT2D eigenvalue weighted by atomic mass is 10.2. The molecule has 20 heavy (non-hydrogen) atoms. The van der Waals surface area contributed by atoms with E-state index in [1.165, 1.54) is 5.56 Å². The van der Waals surface area contributed by atoms with Crippen LogP contribution in [0.15, 0.2) is 44.7 Å². The van der Waals surface area contributed by atoms with Gasteiger partial charge in [-0.05, 0) is 52.0 Å². The van der Waals surface area contributed by atoms with E-state index in [0.29, 0.717) is 11.7 Å². The van der Waals surface area contributed by atoms with Crippen LogP contribution in [-0.2, 0) is 6.61 Å². The van der Waals surface area contributed by atoms with Gasteiger partial charge < -0.3 is 9.26 Å². The molecule has 0 fully saturated rings. The Morgan fingerprint density at radius 3 is 3.00 bits per heavy atom. The molecule has 3 rings (SSSR count). The van der Waals surface area contributed by atoms with Gasteiger partial charge in [-0.3, -0.25) is 0 Å². The molecule has 0 radical (unpaired) electrons. The third-order valence-corrected chi connectivity index (χ3v) is 4.13. The van der Waals surface area contributed by atoms with E-state index in [9.17, 15) is 0 Å². The molecule has 0 amide bonds. The van der Waals surface area contributed by atoms with E-state index < -0.39 is 0 Å². The van der Waals surface area contributed by atoms with Gasteiger partial charge in [0.2, 0.25) is 5.82 Å². The van der Waals surface area contributed by atoms with E-state index in [0.717, 1.165) is 15.1 Å². The summed E-state index contributed by atoms with van der Waals surface area (Å²) in [4.78, 5) is 5.29. The number of nitrogens with zero attached hydrogens (tertiary/aromatic N) is 2. The molecular weight excluding hydrogens is 340 g/mol. The predicted molar refractivity (Wildman–Crippen MR) is 80.8 cm³/mol. The van der Waals surface area contributed by atoms with E-state index in [1.807, 2.05) is 42.6 Å². The molecule has 0 spiro atoms. The lowest BCUT2D eigenvalue weighted by Crippen LogP contribution is -1.96. The van der Waals surface area contributed by atoms with Gasteiger partial charge in [0.1, 0.15) is 5.75 Å². The molecule has 0 aliphatic carbocycles. The molecule has 0 saturated carbocycles. The van der Waals surface area contributed by atoms with Gasteiger partial charge in [0.15, 0.2) is 6.61 Å². The molecule has 0 bridgehead atoms. The second-order valence-electron chi connectivity index (χ2n) is 4.21. The molecule has 102 valence electrons. The number of rotatable bonds is 4. The number of ether oxygens (including phenoxy) is 1. The molecule has 3 aromatic rings. The number of hydrogen-bond donors (Lipinski definition) is 0. The topological polar surface area (TPSA) is 48.2 Å². The number of thiophene rings is 1. The van der Waals surface area contributed by atoms with Gasteiger partial charge in [0, 0.05) is 0 Å². The first-order valence-corrected chi connectivity index (χ1v) is 7.65.